The van der Waals surface area contributed by atoms with Gasteiger partial charge in [0.2, 0.25) is 6.41 Å². The largest absolute Gasteiger partial charge is 0.392 e. The van der Waals surface area contributed by atoms with Gasteiger partial charge in [0.15, 0.2) is 0 Å². The Morgan fingerprint density at radius 3 is 2.79 bits per heavy atom. The van der Waals surface area contributed by atoms with Gasteiger partial charge < -0.3 is 30.3 Å². The van der Waals surface area contributed by atoms with Gasteiger partial charge in [0, 0.05) is 42.5 Å². The predicted molar refractivity (Wildman–Crippen MR) is 144 cm³/mol. The van der Waals surface area contributed by atoms with Gasteiger partial charge in [-0.2, -0.15) is 0 Å². The lowest BCUT2D eigenvalue weighted by molar-refractivity contribution is -0.246. The minimum Gasteiger partial charge on any atom is -0.392 e. The molecule has 2 aromatic rings. The van der Waals surface area contributed by atoms with Crippen LogP contribution in [-0.4, -0.2) is 72.7 Å². The van der Waals surface area contributed by atoms with Crippen LogP contribution in [0.25, 0.3) is 11.1 Å². The van der Waals surface area contributed by atoms with Gasteiger partial charge in [0.05, 0.1) is 19.3 Å². The van der Waals surface area contributed by atoms with Crippen molar-refractivity contribution in [2.24, 2.45) is 11.7 Å². The van der Waals surface area contributed by atoms with E-state index < -0.39 is 29.2 Å². The summed E-state index contributed by atoms with van der Waals surface area (Å²) in [4.78, 5) is 13.6. The van der Waals surface area contributed by atoms with Crippen molar-refractivity contribution >= 4 is 18.0 Å². The van der Waals surface area contributed by atoms with Gasteiger partial charge in [-0.3, -0.25) is 4.79 Å². The molecule has 4 N–H and O–H groups in total. The third-order valence-electron chi connectivity index (χ3n) is 8.25. The first kappa shape index (κ1) is 28.9. The minimum absolute atomic E-state index is 0.101. The van der Waals surface area contributed by atoms with E-state index in [0.29, 0.717) is 55.0 Å². The number of aliphatic hydroxyl groups excluding tert-OH is 1. The van der Waals surface area contributed by atoms with Crippen LogP contribution in [0.15, 0.2) is 36.4 Å². The maximum atomic E-state index is 15.3. The summed E-state index contributed by atoms with van der Waals surface area (Å²) in [6.07, 6.45) is 2.19. The summed E-state index contributed by atoms with van der Waals surface area (Å²) in [5.41, 5.74) is 5.17. The molecular weight excluding hydrogens is 511 g/mol. The maximum Gasteiger partial charge on any atom is 0.209 e. The van der Waals surface area contributed by atoms with Crippen LogP contribution in [0.5, 0.6) is 0 Å². The molecule has 208 valence electrons. The monoisotopic (exact) mass is 548 g/mol. The second-order valence-corrected chi connectivity index (χ2v) is 11.1. The molecule has 1 aliphatic heterocycles. The van der Waals surface area contributed by atoms with E-state index in [0.717, 1.165) is 12.0 Å². The molecule has 2 aromatic carbocycles. The number of amides is 1. The Kier molecular flexibility index (Phi) is 9.12. The summed E-state index contributed by atoms with van der Waals surface area (Å²) in [7, 11) is 1.62. The molecule has 2 fully saturated rings. The normalized spacial score (nSPS) is 27.3. The lowest BCUT2D eigenvalue weighted by Gasteiger charge is -2.55. The molecule has 1 saturated heterocycles. The van der Waals surface area contributed by atoms with E-state index in [1.807, 2.05) is 6.92 Å². The zero-order valence-corrected chi connectivity index (χ0v) is 22.8. The number of hydrogen-bond donors (Lipinski definition) is 3. The van der Waals surface area contributed by atoms with Crippen molar-refractivity contribution in [3.05, 3.63) is 58.4 Å². The van der Waals surface area contributed by atoms with Gasteiger partial charge in [-0.15, -0.1) is 0 Å². The van der Waals surface area contributed by atoms with Crippen LogP contribution in [0.1, 0.15) is 43.2 Å². The average Bonchev–Trinajstić information content (AvgIpc) is 3.26. The lowest BCUT2D eigenvalue weighted by atomic mass is 9.65. The van der Waals surface area contributed by atoms with Gasteiger partial charge >= 0.3 is 0 Å². The first-order valence-electron chi connectivity index (χ1n) is 13.2. The summed E-state index contributed by atoms with van der Waals surface area (Å²) in [5, 5.41) is 23.9. The highest BCUT2D eigenvalue weighted by atomic mass is 35.5. The zero-order valence-electron chi connectivity index (χ0n) is 22.0. The average molecular weight is 549 g/mol. The van der Waals surface area contributed by atoms with Crippen molar-refractivity contribution < 1.29 is 28.9 Å². The van der Waals surface area contributed by atoms with Gasteiger partial charge in [-0.25, -0.2) is 4.39 Å². The number of aliphatic hydroxyl groups is 2. The summed E-state index contributed by atoms with van der Waals surface area (Å²) < 4.78 is 27.1. The van der Waals surface area contributed by atoms with Crippen LogP contribution >= 0.6 is 11.6 Å². The zero-order chi connectivity index (χ0) is 27.5. The van der Waals surface area contributed by atoms with Crippen molar-refractivity contribution in [2.75, 3.05) is 33.4 Å². The molecule has 0 unspecified atom stereocenters. The Morgan fingerprint density at radius 2 is 2.11 bits per heavy atom. The molecule has 0 bridgehead atoms. The summed E-state index contributed by atoms with van der Waals surface area (Å²) in [6.45, 7) is 3.05. The van der Waals surface area contributed by atoms with Gasteiger partial charge in [-0.1, -0.05) is 35.4 Å². The Morgan fingerprint density at radius 1 is 1.32 bits per heavy atom. The van der Waals surface area contributed by atoms with Crippen LogP contribution in [0.2, 0.25) is 5.02 Å². The number of halogens is 2. The highest BCUT2D eigenvalue weighted by Gasteiger charge is 2.61. The van der Waals surface area contributed by atoms with Crippen molar-refractivity contribution in [3.8, 4) is 11.1 Å². The highest BCUT2D eigenvalue weighted by Crippen LogP contribution is 2.53. The Labute approximate surface area is 228 Å². The van der Waals surface area contributed by atoms with Gasteiger partial charge in [-0.05, 0) is 68.7 Å². The first-order valence-corrected chi connectivity index (χ1v) is 13.6. The summed E-state index contributed by atoms with van der Waals surface area (Å²) in [5.74, 6) is -0.824. The topological polar surface area (TPSA) is 105 Å². The third-order valence-corrected chi connectivity index (χ3v) is 8.56. The number of hydrogen-bond acceptors (Lipinski definition) is 6. The van der Waals surface area contributed by atoms with E-state index in [9.17, 15) is 15.0 Å². The number of aryl methyl sites for hydroxylation is 1. The van der Waals surface area contributed by atoms with Crippen molar-refractivity contribution in [2.45, 2.75) is 62.4 Å². The molecule has 1 heterocycles. The van der Waals surface area contributed by atoms with E-state index >= 15 is 4.39 Å². The van der Waals surface area contributed by atoms with Crippen LogP contribution < -0.4 is 5.73 Å². The first-order chi connectivity index (χ1) is 18.2. The summed E-state index contributed by atoms with van der Waals surface area (Å²) >= 11 is 6.76. The van der Waals surface area contributed by atoms with Crippen LogP contribution in [-0.2, 0) is 19.9 Å². The molecule has 0 radical (unpaired) electrons. The fourth-order valence-electron chi connectivity index (χ4n) is 6.30. The number of rotatable bonds is 10. The second-order valence-electron chi connectivity index (χ2n) is 10.7. The molecule has 1 saturated carbocycles. The van der Waals surface area contributed by atoms with Crippen molar-refractivity contribution in [1.29, 1.82) is 0 Å². The van der Waals surface area contributed by atoms with Crippen LogP contribution in [0.4, 0.5) is 4.39 Å². The quantitative estimate of drug-likeness (QED) is 0.308. The van der Waals surface area contributed by atoms with E-state index in [2.05, 4.69) is 0 Å². The molecule has 1 aliphatic carbocycles. The molecule has 2 aliphatic rings. The standard InChI is InChI=1S/C29H38ClFN2O5/c1-19-8-9-24(31)21(14-19)27-22(6-5-7-23(27)30)28(36,10-3-4-12-37-2)29(17-33(18-34)11-13-38-29)20-15-25(32)26(35)16-20/h5-9,14,18,20,25-26,35-36H,3-4,10-13,15-17,32H2,1-2H3/t20-,25+,26-,28+,29-/m0/s1. The molecular formula is C29H38ClFN2O5. The Hall–Kier alpha value is -2.07. The van der Waals surface area contributed by atoms with E-state index in [1.165, 1.54) is 6.07 Å². The molecule has 0 spiro atoms. The summed E-state index contributed by atoms with van der Waals surface area (Å²) in [6, 6.07) is 9.47. The fraction of sp³-hybridized carbons (Fsp3) is 0.552. The maximum absolute atomic E-state index is 15.3. The molecule has 4 rings (SSSR count). The number of ether oxygens (including phenoxy) is 2. The smallest absolute Gasteiger partial charge is 0.209 e. The highest BCUT2D eigenvalue weighted by molar-refractivity contribution is 6.33. The van der Waals surface area contributed by atoms with E-state index in [4.69, 9.17) is 26.8 Å². The number of morpholine rings is 1. The fourth-order valence-corrected chi connectivity index (χ4v) is 6.58. The number of methoxy groups -OCH3 is 1. The Bertz CT molecular complexity index is 1130. The number of nitrogens with zero attached hydrogens (tertiary/aromatic N) is 1. The number of benzene rings is 2. The van der Waals surface area contributed by atoms with E-state index in [-0.39, 0.29) is 31.1 Å². The number of carbonyl (C=O) groups excluding carboxylic acids is 1. The molecule has 38 heavy (non-hydrogen) atoms. The van der Waals surface area contributed by atoms with Crippen molar-refractivity contribution in [3.63, 3.8) is 0 Å². The van der Waals surface area contributed by atoms with Crippen LogP contribution in [0, 0.1) is 18.7 Å². The Balaban J connectivity index is 1.96. The molecule has 1 amide bonds. The minimum atomic E-state index is -1.70. The van der Waals surface area contributed by atoms with Crippen LogP contribution in [0.3, 0.4) is 0 Å². The number of unbranched alkanes of at least 4 members (excludes halogenated alkanes) is 1. The number of carbonyl (C=O) groups is 1. The van der Waals surface area contributed by atoms with Gasteiger partial charge in [0.1, 0.15) is 17.0 Å². The van der Waals surface area contributed by atoms with E-state index in [1.54, 1.807) is 42.3 Å². The van der Waals surface area contributed by atoms with Crippen molar-refractivity contribution in [1.82, 2.24) is 4.90 Å². The lowest BCUT2D eigenvalue weighted by Crippen LogP contribution is -2.66. The number of nitrogens with two attached hydrogens (primary N) is 1. The second kappa shape index (κ2) is 12.0. The molecule has 0 aromatic heterocycles. The molecule has 5 atom stereocenters. The molecule has 9 heteroatoms. The van der Waals surface area contributed by atoms with Gasteiger partial charge in [0.25, 0.3) is 0 Å². The third kappa shape index (κ3) is 5.35. The SMILES string of the molecule is COCCCC[C@@](O)(c1cccc(Cl)c1-c1cc(C)ccc1F)[C@@]1([C@H]2C[C@@H](N)[C@@H](O)C2)CN(C=O)CCO1. The predicted octanol–water partition coefficient (Wildman–Crippen LogP) is 3.78. The molecule has 7 nitrogen and oxygen atoms in total.